The predicted octanol–water partition coefficient (Wildman–Crippen LogP) is 2.19. The Kier molecular flexibility index (Phi) is 4.47. The zero-order valence-electron chi connectivity index (χ0n) is 15.7. The largest absolute Gasteiger partial charge is 0.361 e. The lowest BCUT2D eigenvalue weighted by Crippen LogP contribution is -2.28. The van der Waals surface area contributed by atoms with E-state index in [2.05, 4.69) is 15.2 Å². The quantitative estimate of drug-likeness (QED) is 0.703. The molecule has 8 heteroatoms. The highest BCUT2D eigenvalue weighted by molar-refractivity contribution is 5.93. The van der Waals surface area contributed by atoms with Crippen molar-refractivity contribution in [3.8, 4) is 11.3 Å². The summed E-state index contributed by atoms with van der Waals surface area (Å²) in [4.78, 5) is 23.6. The van der Waals surface area contributed by atoms with Crippen LogP contribution in [0.15, 0.2) is 29.3 Å². The minimum atomic E-state index is 0.0427. The molecule has 1 amide bonds. The van der Waals surface area contributed by atoms with Crippen LogP contribution in [0.5, 0.6) is 0 Å². The number of aromatic nitrogens is 5. The summed E-state index contributed by atoms with van der Waals surface area (Å²) in [6.45, 7) is 5.27. The number of nitrogens with zero attached hydrogens (tertiary/aromatic N) is 6. The van der Waals surface area contributed by atoms with Crippen molar-refractivity contribution in [1.82, 2.24) is 29.8 Å². The normalized spacial score (nSPS) is 16.9. The van der Waals surface area contributed by atoms with Crippen molar-refractivity contribution >= 4 is 5.91 Å². The van der Waals surface area contributed by atoms with E-state index in [0.717, 1.165) is 54.3 Å². The van der Waals surface area contributed by atoms with Crippen molar-refractivity contribution in [2.75, 3.05) is 13.1 Å². The van der Waals surface area contributed by atoms with Gasteiger partial charge in [0.25, 0.3) is 5.91 Å². The smallest absolute Gasteiger partial charge is 0.257 e. The molecule has 0 spiro atoms. The molecule has 1 saturated heterocycles. The molecule has 0 aromatic carbocycles. The van der Waals surface area contributed by atoms with Gasteiger partial charge in [-0.05, 0) is 32.6 Å². The fourth-order valence-electron chi connectivity index (χ4n) is 3.67. The van der Waals surface area contributed by atoms with E-state index < -0.39 is 0 Å². The first kappa shape index (κ1) is 17.4. The van der Waals surface area contributed by atoms with Gasteiger partial charge in [-0.15, -0.1) is 0 Å². The summed E-state index contributed by atoms with van der Waals surface area (Å²) in [5, 5.41) is 8.07. The lowest BCUT2D eigenvalue weighted by molar-refractivity contribution is 0.0787. The highest BCUT2D eigenvalue weighted by atomic mass is 16.5. The van der Waals surface area contributed by atoms with E-state index in [-0.39, 0.29) is 5.91 Å². The topological polar surface area (TPSA) is 89.9 Å². The molecule has 27 heavy (non-hydrogen) atoms. The number of hydrogen-bond donors (Lipinski definition) is 0. The van der Waals surface area contributed by atoms with Crippen molar-refractivity contribution in [3.63, 3.8) is 0 Å². The van der Waals surface area contributed by atoms with E-state index >= 15 is 0 Å². The number of hydrogen-bond acceptors (Lipinski definition) is 6. The molecule has 8 nitrogen and oxygen atoms in total. The van der Waals surface area contributed by atoms with Crippen LogP contribution in [0, 0.1) is 19.8 Å². The van der Waals surface area contributed by atoms with Crippen molar-refractivity contribution in [2.45, 2.75) is 26.7 Å². The Morgan fingerprint density at radius 2 is 2.15 bits per heavy atom. The molecule has 1 fully saturated rings. The van der Waals surface area contributed by atoms with Gasteiger partial charge in [-0.3, -0.25) is 14.5 Å². The summed E-state index contributed by atoms with van der Waals surface area (Å²) in [6, 6.07) is 0. The highest BCUT2D eigenvalue weighted by Crippen LogP contribution is 2.26. The van der Waals surface area contributed by atoms with Gasteiger partial charge in [0.15, 0.2) is 0 Å². The first-order chi connectivity index (χ1) is 13.0. The molecular formula is C19H22N6O2. The van der Waals surface area contributed by atoms with Crippen LogP contribution in [0.1, 0.15) is 33.9 Å². The Morgan fingerprint density at radius 1 is 1.30 bits per heavy atom. The van der Waals surface area contributed by atoms with Crippen molar-refractivity contribution < 1.29 is 9.32 Å². The maximum absolute atomic E-state index is 12.6. The van der Waals surface area contributed by atoms with Gasteiger partial charge in [0.05, 0.1) is 40.6 Å². The second-order valence-electron chi connectivity index (χ2n) is 7.11. The average Bonchev–Trinajstić information content (AvgIpc) is 3.36. The van der Waals surface area contributed by atoms with Crippen LogP contribution >= 0.6 is 0 Å². The molecule has 140 valence electrons. The molecule has 1 atom stereocenters. The molecule has 0 unspecified atom stereocenters. The first-order valence-electron chi connectivity index (χ1n) is 9.03. The number of carbonyl (C=O) groups is 1. The molecule has 0 bridgehead atoms. The number of likely N-dealkylation sites (tertiary alicyclic amines) is 1. The molecule has 4 rings (SSSR count). The molecule has 3 aromatic heterocycles. The number of rotatable bonds is 4. The number of amides is 1. The molecule has 0 N–H and O–H groups in total. The van der Waals surface area contributed by atoms with Gasteiger partial charge in [-0.1, -0.05) is 5.16 Å². The second kappa shape index (κ2) is 6.94. The van der Waals surface area contributed by atoms with E-state index in [1.54, 1.807) is 29.5 Å². The monoisotopic (exact) mass is 366 g/mol. The van der Waals surface area contributed by atoms with Gasteiger partial charge in [-0.2, -0.15) is 5.10 Å². The molecule has 4 heterocycles. The molecule has 1 aliphatic heterocycles. The van der Waals surface area contributed by atoms with Gasteiger partial charge >= 0.3 is 0 Å². The molecule has 0 radical (unpaired) electrons. The zero-order chi connectivity index (χ0) is 19.0. The molecule has 1 aliphatic rings. The van der Waals surface area contributed by atoms with Crippen molar-refractivity contribution in [3.05, 3.63) is 47.5 Å². The highest BCUT2D eigenvalue weighted by Gasteiger charge is 2.28. The maximum atomic E-state index is 12.6. The number of aryl methyl sites for hydroxylation is 3. The Bertz CT molecular complexity index is 957. The van der Waals surface area contributed by atoms with Crippen LogP contribution in [-0.4, -0.2) is 48.8 Å². The summed E-state index contributed by atoms with van der Waals surface area (Å²) in [5.41, 5.74) is 4.06. The molecular weight excluding hydrogens is 344 g/mol. The van der Waals surface area contributed by atoms with E-state index in [9.17, 15) is 4.79 Å². The Balaban J connectivity index is 1.45. The van der Waals surface area contributed by atoms with E-state index in [1.165, 1.54) is 0 Å². The van der Waals surface area contributed by atoms with Crippen LogP contribution in [0.3, 0.4) is 0 Å². The van der Waals surface area contributed by atoms with Crippen LogP contribution in [0.25, 0.3) is 11.3 Å². The minimum absolute atomic E-state index is 0.0427. The molecule has 0 aliphatic carbocycles. The van der Waals surface area contributed by atoms with E-state index in [1.807, 2.05) is 25.8 Å². The lowest BCUT2D eigenvalue weighted by atomic mass is 10.0. The predicted molar refractivity (Wildman–Crippen MR) is 97.9 cm³/mol. The summed E-state index contributed by atoms with van der Waals surface area (Å²) >= 11 is 0. The van der Waals surface area contributed by atoms with Crippen molar-refractivity contribution in [2.24, 2.45) is 13.0 Å². The van der Waals surface area contributed by atoms with Gasteiger partial charge in [0.1, 0.15) is 5.76 Å². The van der Waals surface area contributed by atoms with Gasteiger partial charge in [0.2, 0.25) is 0 Å². The Morgan fingerprint density at radius 3 is 2.85 bits per heavy atom. The SMILES string of the molecule is Cc1noc(C)c1-c1cncc(C[C@H]2CCN(C(=O)c3cnn(C)c3)C2)n1. The average molecular weight is 366 g/mol. The van der Waals surface area contributed by atoms with E-state index in [0.29, 0.717) is 11.5 Å². The Hall–Kier alpha value is -3.03. The summed E-state index contributed by atoms with van der Waals surface area (Å²) in [6.07, 6.45) is 8.67. The first-order valence-corrected chi connectivity index (χ1v) is 9.03. The van der Waals surface area contributed by atoms with Gasteiger partial charge in [-0.25, -0.2) is 4.98 Å². The maximum Gasteiger partial charge on any atom is 0.257 e. The molecule has 0 saturated carbocycles. The van der Waals surface area contributed by atoms with Crippen LogP contribution in [0.2, 0.25) is 0 Å². The third kappa shape index (κ3) is 3.47. The van der Waals surface area contributed by atoms with Gasteiger partial charge < -0.3 is 9.42 Å². The summed E-state index contributed by atoms with van der Waals surface area (Å²) in [7, 11) is 1.81. The third-order valence-corrected chi connectivity index (χ3v) is 5.00. The fourth-order valence-corrected chi connectivity index (χ4v) is 3.67. The number of carbonyl (C=O) groups excluding carboxylic acids is 1. The van der Waals surface area contributed by atoms with Crippen LogP contribution in [-0.2, 0) is 13.5 Å². The minimum Gasteiger partial charge on any atom is -0.361 e. The fraction of sp³-hybridized carbons (Fsp3) is 0.421. The van der Waals surface area contributed by atoms with Gasteiger partial charge in [0, 0.05) is 32.5 Å². The summed E-state index contributed by atoms with van der Waals surface area (Å²) < 4.78 is 6.89. The zero-order valence-corrected chi connectivity index (χ0v) is 15.7. The second-order valence-corrected chi connectivity index (χ2v) is 7.11. The third-order valence-electron chi connectivity index (χ3n) is 5.00. The summed E-state index contributed by atoms with van der Waals surface area (Å²) in [5.74, 6) is 1.16. The Labute approximate surface area is 157 Å². The lowest BCUT2D eigenvalue weighted by Gasteiger charge is -2.15. The molecule has 3 aromatic rings. The van der Waals surface area contributed by atoms with Crippen LogP contribution in [0.4, 0.5) is 0 Å². The standard InChI is InChI=1S/C19H22N6O2/c1-12-18(13(2)27-23-12)17-9-20-8-16(22-17)6-14-4-5-25(10-14)19(26)15-7-21-24(3)11-15/h7-9,11,14H,4-6,10H2,1-3H3/t14-/m1/s1. The van der Waals surface area contributed by atoms with E-state index in [4.69, 9.17) is 9.51 Å². The van der Waals surface area contributed by atoms with Crippen LogP contribution < -0.4 is 0 Å². The van der Waals surface area contributed by atoms with Crippen molar-refractivity contribution in [1.29, 1.82) is 0 Å².